The summed E-state index contributed by atoms with van der Waals surface area (Å²) < 4.78 is 6.99. The van der Waals surface area contributed by atoms with E-state index in [0.29, 0.717) is 22.5 Å². The van der Waals surface area contributed by atoms with Gasteiger partial charge in [0.05, 0.1) is 22.9 Å². The lowest BCUT2D eigenvalue weighted by Crippen LogP contribution is -2.08. The summed E-state index contributed by atoms with van der Waals surface area (Å²) in [6.07, 6.45) is 1.46. The number of aryl methyl sites for hydroxylation is 2. The van der Waals surface area contributed by atoms with E-state index in [9.17, 15) is 4.79 Å². The van der Waals surface area contributed by atoms with Crippen molar-refractivity contribution in [3.05, 3.63) is 76.7 Å². The molecule has 0 unspecified atom stereocenters. The first-order chi connectivity index (χ1) is 12.1. The van der Waals surface area contributed by atoms with Crippen LogP contribution in [0.3, 0.4) is 0 Å². The van der Waals surface area contributed by atoms with E-state index in [1.54, 1.807) is 41.1 Å². The van der Waals surface area contributed by atoms with E-state index in [1.165, 1.54) is 6.20 Å². The number of aromatic nitrogens is 3. The zero-order chi connectivity index (χ0) is 17.8. The summed E-state index contributed by atoms with van der Waals surface area (Å²) >= 11 is 0. The first-order valence-corrected chi connectivity index (χ1v) is 7.73. The molecule has 0 aliphatic heterocycles. The SMILES string of the molecule is Cc1cc(C)n(-c2ccc(C(=O)OCc3ccccc3C#N)cn2)n1. The second-order valence-electron chi connectivity index (χ2n) is 5.59. The normalized spacial score (nSPS) is 10.3. The number of rotatable bonds is 4. The Kier molecular flexibility index (Phi) is 4.57. The average molecular weight is 332 g/mol. The van der Waals surface area contributed by atoms with Gasteiger partial charge in [-0.1, -0.05) is 18.2 Å². The van der Waals surface area contributed by atoms with Crippen LogP contribution in [0, 0.1) is 25.2 Å². The van der Waals surface area contributed by atoms with E-state index >= 15 is 0 Å². The van der Waals surface area contributed by atoms with Crippen LogP contribution in [0.4, 0.5) is 0 Å². The van der Waals surface area contributed by atoms with E-state index < -0.39 is 5.97 Å². The van der Waals surface area contributed by atoms with Crippen LogP contribution in [0.15, 0.2) is 48.7 Å². The third-order valence-corrected chi connectivity index (χ3v) is 3.71. The molecule has 0 amide bonds. The van der Waals surface area contributed by atoms with Crippen LogP contribution in [0.5, 0.6) is 0 Å². The Morgan fingerprint density at radius 2 is 2.04 bits per heavy atom. The summed E-state index contributed by atoms with van der Waals surface area (Å²) in [6, 6.07) is 14.4. The van der Waals surface area contributed by atoms with Crippen molar-refractivity contribution in [3.8, 4) is 11.9 Å². The van der Waals surface area contributed by atoms with Gasteiger partial charge in [0.15, 0.2) is 5.82 Å². The fourth-order valence-corrected chi connectivity index (χ4v) is 2.47. The number of nitrogens with zero attached hydrogens (tertiary/aromatic N) is 4. The lowest BCUT2D eigenvalue weighted by Gasteiger charge is -2.07. The van der Waals surface area contributed by atoms with Gasteiger partial charge in [-0.05, 0) is 38.1 Å². The summed E-state index contributed by atoms with van der Waals surface area (Å²) in [7, 11) is 0. The summed E-state index contributed by atoms with van der Waals surface area (Å²) in [5, 5.41) is 13.4. The number of hydrogen-bond donors (Lipinski definition) is 0. The van der Waals surface area contributed by atoms with Crippen molar-refractivity contribution in [2.24, 2.45) is 0 Å². The molecular formula is C19H16N4O2. The first kappa shape index (κ1) is 16.4. The number of nitriles is 1. The first-order valence-electron chi connectivity index (χ1n) is 7.73. The average Bonchev–Trinajstić information content (AvgIpc) is 2.98. The molecule has 3 rings (SSSR count). The minimum Gasteiger partial charge on any atom is -0.457 e. The van der Waals surface area contributed by atoms with Crippen molar-refractivity contribution < 1.29 is 9.53 Å². The van der Waals surface area contributed by atoms with Crippen molar-refractivity contribution in [1.29, 1.82) is 5.26 Å². The van der Waals surface area contributed by atoms with E-state index in [-0.39, 0.29) is 6.61 Å². The molecule has 0 saturated carbocycles. The quantitative estimate of drug-likeness (QED) is 0.686. The number of carbonyl (C=O) groups is 1. The second kappa shape index (κ2) is 6.97. The molecule has 6 nitrogen and oxygen atoms in total. The van der Waals surface area contributed by atoms with Crippen molar-refractivity contribution in [1.82, 2.24) is 14.8 Å². The highest BCUT2D eigenvalue weighted by atomic mass is 16.5. The molecule has 3 aromatic rings. The maximum atomic E-state index is 12.2. The summed E-state index contributed by atoms with van der Waals surface area (Å²) in [5.74, 6) is 0.150. The van der Waals surface area contributed by atoms with E-state index in [0.717, 1.165) is 11.4 Å². The third kappa shape index (κ3) is 3.56. The Balaban J connectivity index is 1.71. The monoisotopic (exact) mass is 332 g/mol. The Labute approximate surface area is 145 Å². The molecule has 2 aromatic heterocycles. The molecule has 0 atom stereocenters. The minimum atomic E-state index is -0.486. The fourth-order valence-electron chi connectivity index (χ4n) is 2.47. The molecule has 1 aromatic carbocycles. The van der Waals surface area contributed by atoms with Gasteiger partial charge >= 0.3 is 5.97 Å². The van der Waals surface area contributed by atoms with Gasteiger partial charge in [-0.15, -0.1) is 0 Å². The standard InChI is InChI=1S/C19H16N4O2/c1-13-9-14(2)23(22-13)18-8-7-16(11-21-18)19(24)25-12-17-6-4-3-5-15(17)10-20/h3-9,11H,12H2,1-2H3. The lowest BCUT2D eigenvalue weighted by molar-refractivity contribution is 0.0472. The molecule has 25 heavy (non-hydrogen) atoms. The predicted octanol–water partition coefficient (Wildman–Crippen LogP) is 3.11. The maximum absolute atomic E-state index is 12.2. The Bertz CT molecular complexity index is 952. The maximum Gasteiger partial charge on any atom is 0.340 e. The van der Waals surface area contributed by atoms with Gasteiger partial charge in [0, 0.05) is 17.5 Å². The van der Waals surface area contributed by atoms with Crippen LogP contribution in [0.1, 0.15) is 32.9 Å². The number of benzene rings is 1. The van der Waals surface area contributed by atoms with Crippen molar-refractivity contribution in [2.45, 2.75) is 20.5 Å². The van der Waals surface area contributed by atoms with Crippen LogP contribution in [-0.2, 0) is 11.3 Å². The zero-order valence-electron chi connectivity index (χ0n) is 13.9. The number of carbonyl (C=O) groups excluding carboxylic acids is 1. The van der Waals surface area contributed by atoms with Crippen molar-refractivity contribution in [2.75, 3.05) is 0 Å². The highest BCUT2D eigenvalue weighted by Crippen LogP contribution is 2.13. The number of hydrogen-bond acceptors (Lipinski definition) is 5. The molecule has 0 radical (unpaired) electrons. The van der Waals surface area contributed by atoms with Gasteiger partial charge in [0.1, 0.15) is 6.61 Å². The van der Waals surface area contributed by atoms with Crippen LogP contribution >= 0.6 is 0 Å². The zero-order valence-corrected chi connectivity index (χ0v) is 13.9. The Morgan fingerprint density at radius 3 is 2.68 bits per heavy atom. The van der Waals surface area contributed by atoms with E-state index in [4.69, 9.17) is 10.00 Å². The highest BCUT2D eigenvalue weighted by Gasteiger charge is 2.11. The van der Waals surface area contributed by atoms with Crippen LogP contribution in [0.25, 0.3) is 5.82 Å². The van der Waals surface area contributed by atoms with Gasteiger partial charge < -0.3 is 4.74 Å². The molecule has 0 N–H and O–H groups in total. The molecule has 0 bridgehead atoms. The largest absolute Gasteiger partial charge is 0.457 e. The molecule has 2 heterocycles. The summed E-state index contributed by atoms with van der Waals surface area (Å²) in [4.78, 5) is 16.4. The third-order valence-electron chi connectivity index (χ3n) is 3.71. The van der Waals surface area contributed by atoms with Crippen LogP contribution in [0.2, 0.25) is 0 Å². The number of esters is 1. The van der Waals surface area contributed by atoms with Crippen LogP contribution < -0.4 is 0 Å². The van der Waals surface area contributed by atoms with Gasteiger partial charge in [0.2, 0.25) is 0 Å². The molecule has 0 saturated heterocycles. The van der Waals surface area contributed by atoms with E-state index in [1.807, 2.05) is 19.9 Å². The smallest absolute Gasteiger partial charge is 0.340 e. The van der Waals surface area contributed by atoms with Gasteiger partial charge in [-0.25, -0.2) is 14.5 Å². The molecular weight excluding hydrogens is 316 g/mol. The van der Waals surface area contributed by atoms with Crippen molar-refractivity contribution >= 4 is 5.97 Å². The number of ether oxygens (including phenoxy) is 1. The molecule has 0 aliphatic carbocycles. The number of pyridine rings is 1. The molecule has 124 valence electrons. The van der Waals surface area contributed by atoms with Gasteiger partial charge in [-0.2, -0.15) is 10.4 Å². The molecule has 0 spiro atoms. The molecule has 0 fully saturated rings. The minimum absolute atomic E-state index is 0.0434. The predicted molar refractivity (Wildman–Crippen MR) is 91.1 cm³/mol. The van der Waals surface area contributed by atoms with Crippen LogP contribution in [-0.4, -0.2) is 20.7 Å². The van der Waals surface area contributed by atoms with Gasteiger partial charge in [0.25, 0.3) is 0 Å². The molecule has 0 aliphatic rings. The van der Waals surface area contributed by atoms with Gasteiger partial charge in [-0.3, -0.25) is 0 Å². The summed E-state index contributed by atoms with van der Waals surface area (Å²) in [6.45, 7) is 3.90. The van der Waals surface area contributed by atoms with E-state index in [2.05, 4.69) is 16.2 Å². The fraction of sp³-hybridized carbons (Fsp3) is 0.158. The lowest BCUT2D eigenvalue weighted by atomic mass is 10.1. The Morgan fingerprint density at radius 1 is 1.24 bits per heavy atom. The topological polar surface area (TPSA) is 80.8 Å². The molecule has 6 heteroatoms. The summed E-state index contributed by atoms with van der Waals surface area (Å²) in [5.41, 5.74) is 3.38. The second-order valence-corrected chi connectivity index (χ2v) is 5.59. The van der Waals surface area contributed by atoms with Crippen molar-refractivity contribution in [3.63, 3.8) is 0 Å². The Hall–Kier alpha value is -3.46. The highest BCUT2D eigenvalue weighted by molar-refractivity contribution is 5.89.